The lowest BCUT2D eigenvalue weighted by atomic mass is 10.2. The maximum atomic E-state index is 10.6. The van der Waals surface area contributed by atoms with Gasteiger partial charge < -0.3 is 15.5 Å². The van der Waals surface area contributed by atoms with Gasteiger partial charge in [-0.1, -0.05) is 6.92 Å². The highest BCUT2D eigenvalue weighted by molar-refractivity contribution is 5.74. The molecule has 1 heterocycles. The zero-order chi connectivity index (χ0) is 11.3. The van der Waals surface area contributed by atoms with Crippen LogP contribution in [0.4, 0.5) is 0 Å². The molecule has 84 valence electrons. The second-order valence-electron chi connectivity index (χ2n) is 3.67. The van der Waals surface area contributed by atoms with Crippen molar-refractivity contribution in [2.24, 2.45) is 5.73 Å². The van der Waals surface area contributed by atoms with Crippen LogP contribution < -0.4 is 11.1 Å². The lowest BCUT2D eigenvalue weighted by Gasteiger charge is -2.09. The van der Waals surface area contributed by atoms with Gasteiger partial charge in [0.05, 0.1) is 6.54 Å². The number of hydrogen-bond donors (Lipinski definition) is 2. The zero-order valence-electron chi connectivity index (χ0n) is 9.25. The van der Waals surface area contributed by atoms with Gasteiger partial charge in [0.2, 0.25) is 5.91 Å². The van der Waals surface area contributed by atoms with Crippen molar-refractivity contribution in [2.75, 3.05) is 0 Å². The molecule has 1 aromatic rings. The first kappa shape index (κ1) is 11.8. The number of hydrogen-bond acceptors (Lipinski definition) is 3. The van der Waals surface area contributed by atoms with Gasteiger partial charge in [-0.15, -0.1) is 0 Å². The van der Waals surface area contributed by atoms with Crippen molar-refractivity contribution in [1.29, 1.82) is 0 Å². The molecule has 0 bridgehead atoms. The van der Waals surface area contributed by atoms with Crippen molar-refractivity contribution >= 4 is 5.91 Å². The summed E-state index contributed by atoms with van der Waals surface area (Å²) in [6, 6.07) is 4.00. The highest BCUT2D eigenvalue weighted by Gasteiger charge is 2.06. The second-order valence-corrected chi connectivity index (χ2v) is 3.67. The number of carbonyl (C=O) groups is 1. The van der Waals surface area contributed by atoms with Crippen LogP contribution in [-0.4, -0.2) is 11.9 Å². The van der Waals surface area contributed by atoms with Gasteiger partial charge in [-0.2, -0.15) is 0 Å². The molecule has 1 amide bonds. The van der Waals surface area contributed by atoms with Gasteiger partial charge in [-0.25, -0.2) is 0 Å². The van der Waals surface area contributed by atoms with Gasteiger partial charge in [0.15, 0.2) is 0 Å². The van der Waals surface area contributed by atoms with Crippen LogP contribution in [0.3, 0.4) is 0 Å². The lowest BCUT2D eigenvalue weighted by Crippen LogP contribution is -2.30. The average molecular weight is 210 g/mol. The SMILES string of the molecule is CCc1ccc(CNC(C)CC(N)=O)o1. The summed E-state index contributed by atoms with van der Waals surface area (Å²) in [5.74, 6) is 1.58. The topological polar surface area (TPSA) is 68.3 Å². The predicted molar refractivity (Wildman–Crippen MR) is 58.2 cm³/mol. The van der Waals surface area contributed by atoms with E-state index in [1.807, 2.05) is 26.0 Å². The molecule has 0 aromatic carbocycles. The summed E-state index contributed by atoms with van der Waals surface area (Å²) in [5, 5.41) is 3.17. The Balaban J connectivity index is 2.33. The Labute approximate surface area is 89.8 Å². The van der Waals surface area contributed by atoms with Gasteiger partial charge in [0, 0.05) is 18.9 Å². The molecule has 0 fully saturated rings. The lowest BCUT2D eigenvalue weighted by molar-refractivity contribution is -0.118. The summed E-state index contributed by atoms with van der Waals surface area (Å²) in [4.78, 5) is 10.6. The Kier molecular flexibility index (Phi) is 4.37. The van der Waals surface area contributed by atoms with Gasteiger partial charge in [-0.05, 0) is 19.1 Å². The van der Waals surface area contributed by atoms with Crippen LogP contribution in [0.2, 0.25) is 0 Å². The summed E-state index contributed by atoms with van der Waals surface area (Å²) in [5.41, 5.74) is 5.09. The van der Waals surface area contributed by atoms with E-state index < -0.39 is 0 Å². The van der Waals surface area contributed by atoms with Crippen molar-refractivity contribution < 1.29 is 9.21 Å². The van der Waals surface area contributed by atoms with Crippen LogP contribution in [0.15, 0.2) is 16.5 Å². The number of rotatable bonds is 6. The second kappa shape index (κ2) is 5.56. The minimum absolute atomic E-state index is 0.0812. The standard InChI is InChI=1S/C11H18N2O2/c1-3-9-4-5-10(15-9)7-13-8(2)6-11(12)14/h4-5,8,13H,3,6-7H2,1-2H3,(H2,12,14). The molecular formula is C11H18N2O2. The van der Waals surface area contributed by atoms with Crippen LogP contribution in [0.5, 0.6) is 0 Å². The quantitative estimate of drug-likeness (QED) is 0.741. The van der Waals surface area contributed by atoms with E-state index in [2.05, 4.69) is 5.32 Å². The summed E-state index contributed by atoms with van der Waals surface area (Å²) < 4.78 is 5.51. The number of nitrogens with one attached hydrogen (secondary N) is 1. The maximum absolute atomic E-state index is 10.6. The third-order valence-electron chi connectivity index (χ3n) is 2.20. The van der Waals surface area contributed by atoms with Crippen molar-refractivity contribution in [3.63, 3.8) is 0 Å². The van der Waals surface area contributed by atoms with Crippen LogP contribution in [0.1, 0.15) is 31.8 Å². The Morgan fingerprint density at radius 1 is 1.53 bits per heavy atom. The third-order valence-corrected chi connectivity index (χ3v) is 2.20. The Morgan fingerprint density at radius 2 is 2.20 bits per heavy atom. The first-order chi connectivity index (χ1) is 7.11. The fourth-order valence-electron chi connectivity index (χ4n) is 1.36. The third kappa shape index (κ3) is 4.16. The highest BCUT2D eigenvalue weighted by Crippen LogP contribution is 2.08. The normalized spacial score (nSPS) is 12.7. The maximum Gasteiger partial charge on any atom is 0.218 e. The molecule has 0 saturated heterocycles. The van der Waals surface area contributed by atoms with E-state index in [0.29, 0.717) is 13.0 Å². The molecule has 0 aliphatic rings. The molecule has 0 aliphatic carbocycles. The molecule has 1 atom stereocenters. The van der Waals surface area contributed by atoms with Gasteiger partial charge in [0.25, 0.3) is 0 Å². The van der Waals surface area contributed by atoms with Crippen molar-refractivity contribution in [1.82, 2.24) is 5.32 Å². The van der Waals surface area contributed by atoms with E-state index in [-0.39, 0.29) is 11.9 Å². The van der Waals surface area contributed by atoms with Crippen LogP contribution in [0.25, 0.3) is 0 Å². The first-order valence-electron chi connectivity index (χ1n) is 5.21. The number of furan rings is 1. The highest BCUT2D eigenvalue weighted by atomic mass is 16.3. The van der Waals surface area contributed by atoms with Crippen molar-refractivity contribution in [2.45, 2.75) is 39.3 Å². The van der Waals surface area contributed by atoms with E-state index in [0.717, 1.165) is 17.9 Å². The van der Waals surface area contributed by atoms with Crippen LogP contribution in [-0.2, 0) is 17.8 Å². The van der Waals surface area contributed by atoms with Gasteiger partial charge >= 0.3 is 0 Å². The van der Waals surface area contributed by atoms with Crippen molar-refractivity contribution in [3.8, 4) is 0 Å². The van der Waals surface area contributed by atoms with E-state index in [9.17, 15) is 4.79 Å². The molecule has 4 heteroatoms. The molecule has 0 spiro atoms. The van der Waals surface area contributed by atoms with Crippen molar-refractivity contribution in [3.05, 3.63) is 23.7 Å². The monoisotopic (exact) mass is 210 g/mol. The number of primary amides is 1. The fraction of sp³-hybridized carbons (Fsp3) is 0.545. The number of aryl methyl sites for hydroxylation is 1. The molecule has 3 N–H and O–H groups in total. The summed E-state index contributed by atoms with van der Waals surface area (Å²) in [6.07, 6.45) is 1.25. The largest absolute Gasteiger partial charge is 0.465 e. The van der Waals surface area contributed by atoms with E-state index in [1.54, 1.807) is 0 Å². The molecule has 1 unspecified atom stereocenters. The first-order valence-corrected chi connectivity index (χ1v) is 5.21. The fourth-order valence-corrected chi connectivity index (χ4v) is 1.36. The van der Waals surface area contributed by atoms with Gasteiger partial charge in [-0.3, -0.25) is 4.79 Å². The molecule has 0 saturated carbocycles. The molecule has 1 aromatic heterocycles. The Morgan fingerprint density at radius 3 is 2.73 bits per heavy atom. The Hall–Kier alpha value is -1.29. The van der Waals surface area contributed by atoms with Crippen LogP contribution in [0, 0.1) is 0 Å². The molecule has 1 rings (SSSR count). The number of nitrogens with two attached hydrogens (primary N) is 1. The average Bonchev–Trinajstić information content (AvgIpc) is 2.61. The van der Waals surface area contributed by atoms with E-state index in [4.69, 9.17) is 10.2 Å². The Bertz CT molecular complexity index is 320. The van der Waals surface area contributed by atoms with E-state index in [1.165, 1.54) is 0 Å². The predicted octanol–water partition coefficient (Wildman–Crippen LogP) is 1.20. The molecule has 0 aliphatic heterocycles. The molecular weight excluding hydrogens is 192 g/mol. The smallest absolute Gasteiger partial charge is 0.218 e. The van der Waals surface area contributed by atoms with Gasteiger partial charge in [0.1, 0.15) is 11.5 Å². The summed E-state index contributed by atoms with van der Waals surface area (Å²) in [6.45, 7) is 4.61. The van der Waals surface area contributed by atoms with Crippen LogP contribution >= 0.6 is 0 Å². The molecule has 0 radical (unpaired) electrons. The molecule has 15 heavy (non-hydrogen) atoms. The number of carbonyl (C=O) groups excluding carboxylic acids is 1. The minimum atomic E-state index is -0.288. The zero-order valence-corrected chi connectivity index (χ0v) is 9.25. The molecule has 4 nitrogen and oxygen atoms in total. The van der Waals surface area contributed by atoms with E-state index >= 15 is 0 Å². The summed E-state index contributed by atoms with van der Waals surface area (Å²) >= 11 is 0. The minimum Gasteiger partial charge on any atom is -0.465 e. The summed E-state index contributed by atoms with van der Waals surface area (Å²) in [7, 11) is 0. The number of amides is 1.